The van der Waals surface area contributed by atoms with E-state index >= 15 is 0 Å². The zero-order valence-corrected chi connectivity index (χ0v) is 23.3. The lowest BCUT2D eigenvalue weighted by Gasteiger charge is -2.05. The van der Waals surface area contributed by atoms with E-state index in [1.165, 1.54) is 23.1 Å². The second-order valence-corrected chi connectivity index (χ2v) is 11.6. The van der Waals surface area contributed by atoms with E-state index in [0.717, 1.165) is 19.8 Å². The first-order valence-electron chi connectivity index (χ1n) is 11.6. The van der Waals surface area contributed by atoms with Crippen LogP contribution in [0, 0.1) is 6.92 Å². The van der Waals surface area contributed by atoms with Crippen molar-refractivity contribution in [2.75, 3.05) is 12.4 Å². The minimum Gasteiger partial charge on any atom is -0.462 e. The van der Waals surface area contributed by atoms with Gasteiger partial charge in [0, 0.05) is 27.2 Å². The summed E-state index contributed by atoms with van der Waals surface area (Å²) in [5, 5.41) is 0.566. The molecule has 0 spiro atoms. The van der Waals surface area contributed by atoms with E-state index in [1.807, 2.05) is 60.0 Å². The quantitative estimate of drug-likeness (QED) is 0.105. The Bertz CT molecular complexity index is 1650. The molecule has 3 aromatic heterocycles. The molecule has 186 valence electrons. The van der Waals surface area contributed by atoms with Gasteiger partial charge in [-0.15, -0.1) is 23.1 Å². The van der Waals surface area contributed by atoms with Crippen molar-refractivity contribution >= 4 is 73.0 Å². The fraction of sp³-hybridized carbons (Fsp3) is 0.138. The summed E-state index contributed by atoms with van der Waals surface area (Å²) in [6.07, 6.45) is 1.90. The van der Waals surface area contributed by atoms with Crippen LogP contribution in [0.3, 0.4) is 0 Å². The number of carbonyl (C=O) groups is 3. The standard InChI is InChI=1S/C29H22BrNO4S2/c1-3-35-28(34)23-21-15-17(2)13-14-31(21)25-24(23)27(26(33)19-9-11-20(30)12-10-19)37-29(25)36-16-22(32)18-7-5-4-6-8-18/h4-15H,3,16H2,1-2H3. The van der Waals surface area contributed by atoms with Crippen molar-refractivity contribution in [1.82, 2.24) is 4.40 Å². The van der Waals surface area contributed by atoms with Gasteiger partial charge in [0.15, 0.2) is 5.78 Å². The highest BCUT2D eigenvalue weighted by Crippen LogP contribution is 2.44. The molecule has 0 atom stereocenters. The van der Waals surface area contributed by atoms with Crippen molar-refractivity contribution in [3.8, 4) is 0 Å². The van der Waals surface area contributed by atoms with Crippen LogP contribution in [-0.2, 0) is 4.74 Å². The van der Waals surface area contributed by atoms with Crippen LogP contribution in [0.1, 0.15) is 48.4 Å². The molecule has 0 amide bonds. The Balaban J connectivity index is 1.71. The Morgan fingerprint density at radius 2 is 1.73 bits per heavy atom. The molecule has 0 saturated carbocycles. The maximum Gasteiger partial charge on any atom is 0.341 e. The number of hydrogen-bond acceptors (Lipinski definition) is 6. The molecule has 0 aliphatic carbocycles. The zero-order valence-electron chi connectivity index (χ0n) is 20.1. The van der Waals surface area contributed by atoms with E-state index in [2.05, 4.69) is 15.9 Å². The molecule has 0 fully saturated rings. The molecule has 37 heavy (non-hydrogen) atoms. The summed E-state index contributed by atoms with van der Waals surface area (Å²) in [6.45, 7) is 3.94. The second kappa shape index (κ2) is 10.7. The summed E-state index contributed by atoms with van der Waals surface area (Å²) in [5.41, 5.74) is 3.93. The molecule has 5 aromatic rings. The lowest BCUT2D eigenvalue weighted by atomic mass is 10.1. The molecule has 5 rings (SSSR count). The molecule has 0 aliphatic rings. The van der Waals surface area contributed by atoms with Crippen LogP contribution in [0.15, 0.2) is 81.6 Å². The number of aryl methyl sites for hydroxylation is 1. The van der Waals surface area contributed by atoms with Crippen LogP contribution >= 0.6 is 39.0 Å². The van der Waals surface area contributed by atoms with E-state index in [0.29, 0.717) is 32.5 Å². The number of aromatic nitrogens is 1. The number of thiophene rings is 1. The van der Waals surface area contributed by atoms with Crippen molar-refractivity contribution in [1.29, 1.82) is 0 Å². The third-order valence-electron chi connectivity index (χ3n) is 5.93. The summed E-state index contributed by atoms with van der Waals surface area (Å²) in [4.78, 5) is 40.4. The number of nitrogens with zero attached hydrogens (tertiary/aromatic N) is 1. The highest BCUT2D eigenvalue weighted by molar-refractivity contribution is 9.10. The summed E-state index contributed by atoms with van der Waals surface area (Å²) >= 11 is 6.11. The van der Waals surface area contributed by atoms with Crippen LogP contribution in [-0.4, -0.2) is 34.3 Å². The number of esters is 1. The van der Waals surface area contributed by atoms with Crippen molar-refractivity contribution in [3.63, 3.8) is 0 Å². The SMILES string of the molecule is CCOC(=O)c1c2c(C(=O)c3ccc(Br)cc3)sc(SCC(=O)c3ccccc3)c2n2ccc(C)cc12. The number of ether oxygens (including phenoxy) is 1. The molecule has 2 aromatic carbocycles. The minimum absolute atomic E-state index is 0.00439. The second-order valence-electron chi connectivity index (χ2n) is 8.41. The van der Waals surface area contributed by atoms with E-state index < -0.39 is 5.97 Å². The molecule has 0 aliphatic heterocycles. The highest BCUT2D eigenvalue weighted by atomic mass is 79.9. The van der Waals surface area contributed by atoms with Crippen molar-refractivity contribution in [3.05, 3.63) is 105 Å². The van der Waals surface area contributed by atoms with Gasteiger partial charge in [0.25, 0.3) is 0 Å². The van der Waals surface area contributed by atoms with Crippen LogP contribution in [0.4, 0.5) is 0 Å². The average molecular weight is 593 g/mol. The lowest BCUT2D eigenvalue weighted by Crippen LogP contribution is -2.06. The fourth-order valence-electron chi connectivity index (χ4n) is 4.21. The monoisotopic (exact) mass is 591 g/mol. The van der Waals surface area contributed by atoms with Gasteiger partial charge in [-0.1, -0.05) is 46.3 Å². The molecule has 0 unspecified atom stereocenters. The number of carbonyl (C=O) groups excluding carboxylic acids is 3. The number of hydrogen-bond donors (Lipinski definition) is 0. The number of thioether (sulfide) groups is 1. The summed E-state index contributed by atoms with van der Waals surface area (Å²) < 4.78 is 9.04. The molecule has 5 nitrogen and oxygen atoms in total. The summed E-state index contributed by atoms with van der Waals surface area (Å²) in [6, 6.07) is 20.2. The van der Waals surface area contributed by atoms with E-state index in [9.17, 15) is 14.4 Å². The Morgan fingerprint density at radius 1 is 1.00 bits per heavy atom. The Morgan fingerprint density at radius 3 is 2.43 bits per heavy atom. The third kappa shape index (κ3) is 4.89. The van der Waals surface area contributed by atoms with Gasteiger partial charge in [0.05, 0.1) is 38.0 Å². The summed E-state index contributed by atoms with van der Waals surface area (Å²) in [7, 11) is 0. The van der Waals surface area contributed by atoms with Gasteiger partial charge in [-0.2, -0.15) is 0 Å². The van der Waals surface area contributed by atoms with Crippen molar-refractivity contribution in [2.24, 2.45) is 0 Å². The average Bonchev–Trinajstić information content (AvgIpc) is 3.43. The number of rotatable bonds is 8. The Kier molecular flexibility index (Phi) is 7.33. The van der Waals surface area contributed by atoms with Gasteiger partial charge in [0.2, 0.25) is 5.78 Å². The molecule has 0 saturated heterocycles. The van der Waals surface area contributed by atoms with Gasteiger partial charge in [0.1, 0.15) is 0 Å². The topological polar surface area (TPSA) is 64.9 Å². The van der Waals surface area contributed by atoms with Crippen LogP contribution in [0.2, 0.25) is 0 Å². The van der Waals surface area contributed by atoms with Crippen molar-refractivity contribution in [2.45, 2.75) is 18.1 Å². The molecular formula is C29H22BrNO4S2. The van der Waals surface area contributed by atoms with Gasteiger partial charge < -0.3 is 9.14 Å². The van der Waals surface area contributed by atoms with E-state index in [-0.39, 0.29) is 23.9 Å². The minimum atomic E-state index is -0.472. The van der Waals surface area contributed by atoms with Gasteiger partial charge in [-0.25, -0.2) is 4.79 Å². The van der Waals surface area contributed by atoms with Crippen LogP contribution in [0.25, 0.3) is 16.4 Å². The van der Waals surface area contributed by atoms with Crippen molar-refractivity contribution < 1.29 is 19.1 Å². The number of ketones is 2. The zero-order chi connectivity index (χ0) is 26.1. The van der Waals surface area contributed by atoms with Gasteiger partial charge >= 0.3 is 5.97 Å². The van der Waals surface area contributed by atoms with Crippen LogP contribution in [0.5, 0.6) is 0 Å². The third-order valence-corrected chi connectivity index (χ3v) is 8.90. The number of halogens is 1. The summed E-state index contributed by atoms with van der Waals surface area (Å²) in [5.74, 6) is -0.448. The van der Waals surface area contributed by atoms with Gasteiger partial charge in [-0.3, -0.25) is 9.59 Å². The Labute approximate surface area is 230 Å². The predicted octanol–water partition coefficient (Wildman–Crippen LogP) is 7.61. The lowest BCUT2D eigenvalue weighted by molar-refractivity contribution is 0.0530. The maximum atomic E-state index is 13.8. The smallest absolute Gasteiger partial charge is 0.341 e. The number of fused-ring (bicyclic) bond motifs is 3. The molecule has 0 N–H and O–H groups in total. The highest BCUT2D eigenvalue weighted by Gasteiger charge is 2.30. The molecule has 0 radical (unpaired) electrons. The first kappa shape index (κ1) is 25.4. The largest absolute Gasteiger partial charge is 0.462 e. The maximum absolute atomic E-state index is 13.8. The molecular weight excluding hydrogens is 570 g/mol. The number of Topliss-reactive ketones (excluding diaryl/α,β-unsaturated/α-hetero) is 1. The number of benzene rings is 2. The number of pyridine rings is 1. The first-order chi connectivity index (χ1) is 17.9. The predicted molar refractivity (Wildman–Crippen MR) is 153 cm³/mol. The van der Waals surface area contributed by atoms with Crippen LogP contribution < -0.4 is 0 Å². The fourth-order valence-corrected chi connectivity index (χ4v) is 6.90. The normalized spacial score (nSPS) is 11.2. The molecule has 0 bridgehead atoms. The molecule has 8 heteroatoms. The first-order valence-corrected chi connectivity index (χ1v) is 14.2. The van der Waals surface area contributed by atoms with E-state index in [4.69, 9.17) is 4.74 Å². The van der Waals surface area contributed by atoms with Gasteiger partial charge in [-0.05, 0) is 55.8 Å². The Hall–Kier alpha value is -3.20. The van der Waals surface area contributed by atoms with E-state index in [1.54, 1.807) is 31.2 Å². The molecule has 3 heterocycles.